The predicted molar refractivity (Wildman–Crippen MR) is 81.9 cm³/mol. The van der Waals surface area contributed by atoms with E-state index in [1.54, 1.807) is 12.1 Å². The zero-order chi connectivity index (χ0) is 14.6. The van der Waals surface area contributed by atoms with Crippen molar-refractivity contribution in [3.8, 4) is 0 Å². The summed E-state index contributed by atoms with van der Waals surface area (Å²) in [5.74, 6) is 0. The van der Waals surface area contributed by atoms with Gasteiger partial charge in [0.15, 0.2) is 0 Å². The van der Waals surface area contributed by atoms with E-state index in [0.29, 0.717) is 12.2 Å². The molecule has 2 rings (SSSR count). The van der Waals surface area contributed by atoms with E-state index in [9.17, 15) is 15.2 Å². The van der Waals surface area contributed by atoms with Crippen molar-refractivity contribution in [3.63, 3.8) is 0 Å². The van der Waals surface area contributed by atoms with E-state index in [2.05, 4.69) is 21.2 Å². The van der Waals surface area contributed by atoms with E-state index < -0.39 is 10.5 Å². The summed E-state index contributed by atoms with van der Waals surface area (Å²) in [4.78, 5) is 10.6. The number of benzene rings is 1. The summed E-state index contributed by atoms with van der Waals surface area (Å²) in [7, 11) is 0. The Bertz CT molecular complexity index is 485. The average molecular weight is 343 g/mol. The molecule has 1 aromatic carbocycles. The van der Waals surface area contributed by atoms with Crippen LogP contribution in [0.2, 0.25) is 0 Å². The van der Waals surface area contributed by atoms with Gasteiger partial charge < -0.3 is 10.4 Å². The summed E-state index contributed by atoms with van der Waals surface area (Å²) in [6.45, 7) is 0.351. The number of halogens is 1. The number of hydrogen-bond donors (Lipinski definition) is 2. The number of hydrogen-bond acceptors (Lipinski definition) is 4. The molecule has 0 unspecified atom stereocenters. The Balaban J connectivity index is 2.09. The Hall–Kier alpha value is -1.14. The SMILES string of the molecule is O=[N+]([O-])c1ccc(Br)cc1NCC1(O)CCCCCC1. The molecule has 0 saturated heterocycles. The highest BCUT2D eigenvalue weighted by Crippen LogP contribution is 2.31. The molecule has 0 bridgehead atoms. The van der Waals surface area contributed by atoms with E-state index in [1.807, 2.05) is 0 Å². The van der Waals surface area contributed by atoms with Crippen LogP contribution in [-0.2, 0) is 0 Å². The Morgan fingerprint density at radius 1 is 1.30 bits per heavy atom. The first-order valence-corrected chi connectivity index (χ1v) is 7.70. The lowest BCUT2D eigenvalue weighted by Gasteiger charge is -2.27. The highest BCUT2D eigenvalue weighted by atomic mass is 79.9. The van der Waals surface area contributed by atoms with Gasteiger partial charge in [-0.15, -0.1) is 0 Å². The molecule has 5 nitrogen and oxygen atoms in total. The summed E-state index contributed by atoms with van der Waals surface area (Å²) in [6.07, 6.45) is 5.83. The summed E-state index contributed by atoms with van der Waals surface area (Å²) in [6, 6.07) is 4.78. The second kappa shape index (κ2) is 6.54. The third-order valence-corrected chi connectivity index (χ3v) is 4.29. The minimum atomic E-state index is -0.757. The van der Waals surface area contributed by atoms with Gasteiger partial charge in [0.05, 0.1) is 10.5 Å². The highest BCUT2D eigenvalue weighted by Gasteiger charge is 2.28. The smallest absolute Gasteiger partial charge is 0.292 e. The van der Waals surface area contributed by atoms with E-state index in [1.165, 1.54) is 6.07 Å². The topological polar surface area (TPSA) is 75.4 Å². The van der Waals surface area contributed by atoms with Crippen LogP contribution in [0.1, 0.15) is 38.5 Å². The predicted octanol–water partition coefficient (Wildman–Crippen LogP) is 3.85. The van der Waals surface area contributed by atoms with Crippen molar-refractivity contribution >= 4 is 27.3 Å². The van der Waals surface area contributed by atoms with Crippen molar-refractivity contribution in [3.05, 3.63) is 32.8 Å². The van der Waals surface area contributed by atoms with Crippen LogP contribution in [-0.4, -0.2) is 22.2 Å². The normalized spacial score (nSPS) is 18.3. The van der Waals surface area contributed by atoms with E-state index in [0.717, 1.165) is 43.0 Å². The van der Waals surface area contributed by atoms with Gasteiger partial charge >= 0.3 is 0 Å². The molecule has 1 saturated carbocycles. The number of nitrogens with zero attached hydrogens (tertiary/aromatic N) is 1. The largest absolute Gasteiger partial charge is 0.388 e. The molecule has 110 valence electrons. The maximum absolute atomic E-state index is 11.0. The summed E-state index contributed by atoms with van der Waals surface area (Å²) in [5, 5.41) is 24.6. The van der Waals surface area contributed by atoms with Gasteiger partial charge in [-0.3, -0.25) is 10.1 Å². The highest BCUT2D eigenvalue weighted by molar-refractivity contribution is 9.10. The van der Waals surface area contributed by atoms with Gasteiger partial charge in [-0.25, -0.2) is 0 Å². The van der Waals surface area contributed by atoms with E-state index in [4.69, 9.17) is 0 Å². The summed E-state index contributed by atoms with van der Waals surface area (Å²) in [5.41, 5.74) is -0.278. The number of nitrogens with one attached hydrogen (secondary N) is 1. The second-order valence-electron chi connectivity index (χ2n) is 5.41. The van der Waals surface area contributed by atoms with Gasteiger partial charge in [-0.1, -0.05) is 41.6 Å². The van der Waals surface area contributed by atoms with Crippen molar-refractivity contribution < 1.29 is 10.0 Å². The lowest BCUT2D eigenvalue weighted by Crippen LogP contribution is -2.36. The third kappa shape index (κ3) is 3.93. The molecule has 1 aliphatic rings. The first-order chi connectivity index (χ1) is 9.50. The van der Waals surface area contributed by atoms with Crippen molar-refractivity contribution in [2.24, 2.45) is 0 Å². The number of nitro benzene ring substituents is 1. The van der Waals surface area contributed by atoms with Crippen LogP contribution in [0.5, 0.6) is 0 Å². The summed E-state index contributed by atoms with van der Waals surface area (Å²) >= 11 is 3.31. The molecule has 0 heterocycles. The van der Waals surface area contributed by atoms with Crippen molar-refractivity contribution in [2.45, 2.75) is 44.1 Å². The van der Waals surface area contributed by atoms with E-state index in [-0.39, 0.29) is 5.69 Å². The minimum Gasteiger partial charge on any atom is -0.388 e. The Kier molecular flexibility index (Phi) is 4.99. The lowest BCUT2D eigenvalue weighted by atomic mass is 9.94. The first kappa shape index (κ1) is 15.3. The van der Waals surface area contributed by atoms with Crippen molar-refractivity contribution in [2.75, 3.05) is 11.9 Å². The molecule has 0 atom stereocenters. The summed E-state index contributed by atoms with van der Waals surface area (Å²) < 4.78 is 0.776. The molecule has 1 aliphatic carbocycles. The van der Waals surface area contributed by atoms with Crippen LogP contribution in [0.25, 0.3) is 0 Å². The molecule has 1 aromatic rings. The Labute approximate surface area is 126 Å². The van der Waals surface area contributed by atoms with Gasteiger partial charge in [0.25, 0.3) is 5.69 Å². The van der Waals surface area contributed by atoms with Crippen LogP contribution in [0, 0.1) is 10.1 Å². The lowest BCUT2D eigenvalue weighted by molar-refractivity contribution is -0.384. The number of nitro groups is 1. The fourth-order valence-corrected chi connectivity index (χ4v) is 2.99. The molecule has 0 aromatic heterocycles. The molecule has 2 N–H and O–H groups in total. The van der Waals surface area contributed by atoms with Crippen LogP contribution in [0.3, 0.4) is 0 Å². The van der Waals surface area contributed by atoms with Gasteiger partial charge in [0, 0.05) is 17.1 Å². The maximum Gasteiger partial charge on any atom is 0.292 e. The Morgan fingerprint density at radius 3 is 2.55 bits per heavy atom. The van der Waals surface area contributed by atoms with Gasteiger partial charge in [-0.2, -0.15) is 0 Å². The quantitative estimate of drug-likeness (QED) is 0.495. The third-order valence-electron chi connectivity index (χ3n) is 3.80. The standard InChI is InChI=1S/C14H19BrN2O3/c15-11-5-6-13(17(19)20)12(9-11)16-10-14(18)7-3-1-2-4-8-14/h5-6,9,16,18H,1-4,7-8,10H2. The zero-order valence-corrected chi connectivity index (χ0v) is 12.9. The molecule has 1 fully saturated rings. The monoisotopic (exact) mass is 342 g/mol. The van der Waals surface area contributed by atoms with Crippen molar-refractivity contribution in [1.82, 2.24) is 0 Å². The van der Waals surface area contributed by atoms with Gasteiger partial charge in [-0.05, 0) is 25.0 Å². The fraction of sp³-hybridized carbons (Fsp3) is 0.571. The number of rotatable bonds is 4. The first-order valence-electron chi connectivity index (χ1n) is 6.90. The number of anilines is 1. The fourth-order valence-electron chi connectivity index (χ4n) is 2.63. The average Bonchev–Trinajstić information content (AvgIpc) is 2.62. The van der Waals surface area contributed by atoms with Crippen LogP contribution in [0.4, 0.5) is 11.4 Å². The zero-order valence-electron chi connectivity index (χ0n) is 11.3. The molecular formula is C14H19BrN2O3. The molecule has 6 heteroatoms. The van der Waals surface area contributed by atoms with Crippen molar-refractivity contribution in [1.29, 1.82) is 0 Å². The van der Waals surface area contributed by atoms with Crippen LogP contribution in [0.15, 0.2) is 22.7 Å². The number of aliphatic hydroxyl groups is 1. The van der Waals surface area contributed by atoms with Gasteiger partial charge in [0.1, 0.15) is 5.69 Å². The van der Waals surface area contributed by atoms with Crippen LogP contribution >= 0.6 is 15.9 Å². The molecule has 0 amide bonds. The molecule has 20 heavy (non-hydrogen) atoms. The molecule has 0 radical (unpaired) electrons. The molecular weight excluding hydrogens is 324 g/mol. The van der Waals surface area contributed by atoms with Crippen LogP contribution < -0.4 is 5.32 Å². The van der Waals surface area contributed by atoms with E-state index >= 15 is 0 Å². The Morgan fingerprint density at radius 2 is 1.95 bits per heavy atom. The molecule has 0 spiro atoms. The minimum absolute atomic E-state index is 0.0328. The maximum atomic E-state index is 11.0. The molecule has 0 aliphatic heterocycles. The van der Waals surface area contributed by atoms with Gasteiger partial charge in [0.2, 0.25) is 0 Å². The second-order valence-corrected chi connectivity index (χ2v) is 6.33.